The van der Waals surface area contributed by atoms with Crippen molar-refractivity contribution in [3.05, 3.63) is 58.1 Å². The van der Waals surface area contributed by atoms with Gasteiger partial charge < -0.3 is 9.64 Å². The van der Waals surface area contributed by atoms with E-state index in [0.29, 0.717) is 4.90 Å². The topological polar surface area (TPSA) is 119 Å². The Morgan fingerprint density at radius 1 is 1.25 bits per heavy atom. The molecule has 11 heteroatoms. The molecule has 0 N–H and O–H groups in total. The second-order valence-corrected chi connectivity index (χ2v) is 8.33. The number of nitro benzene ring substituents is 1. The van der Waals surface area contributed by atoms with Gasteiger partial charge in [0, 0.05) is 25.1 Å². The van der Waals surface area contributed by atoms with Crippen molar-refractivity contribution < 1.29 is 22.9 Å². The lowest BCUT2D eigenvalue weighted by Crippen LogP contribution is -2.12. The zero-order valence-corrected chi connectivity index (χ0v) is 16.9. The van der Waals surface area contributed by atoms with E-state index in [9.17, 15) is 23.3 Å². The molecule has 28 heavy (non-hydrogen) atoms. The maximum atomic E-state index is 12.8. The predicted octanol–water partition coefficient (Wildman–Crippen LogP) is 2.81. The van der Waals surface area contributed by atoms with Gasteiger partial charge in [-0.15, -0.1) is 4.40 Å². The van der Waals surface area contributed by atoms with Crippen LogP contribution in [0.25, 0.3) is 0 Å². The molecule has 0 unspecified atom stereocenters. The maximum absolute atomic E-state index is 12.8. The second-order valence-electron chi connectivity index (χ2n) is 5.65. The fourth-order valence-electron chi connectivity index (χ4n) is 2.07. The largest absolute Gasteiger partial charge is 0.465 e. The summed E-state index contributed by atoms with van der Waals surface area (Å²) in [5.41, 5.74) is -0.791. The summed E-state index contributed by atoms with van der Waals surface area (Å²) in [5, 5.41) is 11.6. The van der Waals surface area contributed by atoms with Gasteiger partial charge in [0.2, 0.25) is 0 Å². The summed E-state index contributed by atoms with van der Waals surface area (Å²) in [6.07, 6.45) is 1.06. The number of sulfonamides is 1. The van der Waals surface area contributed by atoms with Crippen LogP contribution in [0.4, 0.5) is 5.69 Å². The molecule has 0 aliphatic carbocycles. The molecule has 0 aliphatic heterocycles. The lowest BCUT2D eigenvalue weighted by Gasteiger charge is -2.11. The summed E-state index contributed by atoms with van der Waals surface area (Å²) in [7, 11) is -0.0845. The summed E-state index contributed by atoms with van der Waals surface area (Å²) in [5.74, 6) is -0.896. The maximum Gasteiger partial charge on any atom is 0.338 e. The van der Waals surface area contributed by atoms with Gasteiger partial charge in [0.25, 0.3) is 15.7 Å². The highest BCUT2D eigenvalue weighted by Crippen LogP contribution is 2.41. The molecule has 0 spiro atoms. The van der Waals surface area contributed by atoms with E-state index in [1.165, 1.54) is 4.90 Å². The zero-order chi connectivity index (χ0) is 20.9. The molecule has 0 atom stereocenters. The Bertz CT molecular complexity index is 1020. The SMILES string of the molecule is COC(=O)c1cc([N+](=O)[O-])c(Sc2ccccc2)c(S(=O)(=O)N=CN(C)C)c1. The third-order valence-corrected chi connectivity index (χ3v) is 5.83. The zero-order valence-electron chi connectivity index (χ0n) is 15.2. The standard InChI is InChI=1S/C17H17N3O6S2/c1-19(2)11-18-28(24,25)15-10-12(17(21)26-3)9-14(20(22)23)16(15)27-13-7-5-4-6-8-13/h4-11H,1-3H3. The molecule has 2 rings (SSSR count). The number of ether oxygens (including phenoxy) is 1. The van der Waals surface area contributed by atoms with E-state index >= 15 is 0 Å². The number of methoxy groups -OCH3 is 1. The van der Waals surface area contributed by atoms with Gasteiger partial charge in [0.1, 0.15) is 16.1 Å². The molecule has 9 nitrogen and oxygen atoms in total. The Morgan fingerprint density at radius 3 is 2.43 bits per heavy atom. The summed E-state index contributed by atoms with van der Waals surface area (Å²) < 4.78 is 33.7. The first-order valence-corrected chi connectivity index (χ1v) is 10.0. The molecule has 0 fully saturated rings. The summed E-state index contributed by atoms with van der Waals surface area (Å²) in [4.78, 5) is 24.2. The Labute approximate surface area is 166 Å². The number of nitro groups is 1. The van der Waals surface area contributed by atoms with Crippen molar-refractivity contribution in [2.75, 3.05) is 21.2 Å². The minimum Gasteiger partial charge on any atom is -0.465 e. The smallest absolute Gasteiger partial charge is 0.338 e. The number of carbonyl (C=O) groups excluding carboxylic acids is 1. The van der Waals surface area contributed by atoms with E-state index in [0.717, 1.165) is 37.3 Å². The first kappa shape index (κ1) is 21.4. The molecule has 148 valence electrons. The summed E-state index contributed by atoms with van der Waals surface area (Å²) >= 11 is 0.898. The van der Waals surface area contributed by atoms with Crippen LogP contribution in [0.5, 0.6) is 0 Å². The third kappa shape index (κ3) is 5.08. The van der Waals surface area contributed by atoms with Crippen LogP contribution in [-0.2, 0) is 14.8 Å². The normalized spacial score (nSPS) is 11.4. The van der Waals surface area contributed by atoms with E-state index in [2.05, 4.69) is 9.13 Å². The number of hydrogen-bond donors (Lipinski definition) is 0. The molecule has 0 radical (unpaired) electrons. The van der Waals surface area contributed by atoms with Crippen LogP contribution < -0.4 is 0 Å². The molecule has 0 aliphatic rings. The van der Waals surface area contributed by atoms with E-state index in [-0.39, 0.29) is 10.5 Å². The molecule has 0 saturated heterocycles. The van der Waals surface area contributed by atoms with Crippen molar-refractivity contribution in [2.24, 2.45) is 4.40 Å². The van der Waals surface area contributed by atoms with Crippen LogP contribution in [0.15, 0.2) is 61.5 Å². The van der Waals surface area contributed by atoms with Crippen LogP contribution in [0, 0.1) is 10.1 Å². The van der Waals surface area contributed by atoms with E-state index in [4.69, 9.17) is 0 Å². The summed E-state index contributed by atoms with van der Waals surface area (Å²) in [6.45, 7) is 0. The highest BCUT2D eigenvalue weighted by Gasteiger charge is 2.29. The van der Waals surface area contributed by atoms with Crippen molar-refractivity contribution in [1.29, 1.82) is 0 Å². The predicted molar refractivity (Wildman–Crippen MR) is 104 cm³/mol. The third-order valence-electron chi connectivity index (χ3n) is 3.31. The monoisotopic (exact) mass is 423 g/mol. The van der Waals surface area contributed by atoms with Gasteiger partial charge >= 0.3 is 5.97 Å². The van der Waals surface area contributed by atoms with E-state index < -0.39 is 31.5 Å². The number of benzene rings is 2. The average molecular weight is 423 g/mol. The molecular weight excluding hydrogens is 406 g/mol. The summed E-state index contributed by atoms with van der Waals surface area (Å²) in [6, 6.07) is 10.6. The molecule has 0 bridgehead atoms. The number of carbonyl (C=O) groups is 1. The van der Waals surface area contributed by atoms with Crippen LogP contribution in [0.2, 0.25) is 0 Å². The van der Waals surface area contributed by atoms with Gasteiger partial charge in [0.05, 0.1) is 17.6 Å². The van der Waals surface area contributed by atoms with Crippen LogP contribution in [0.3, 0.4) is 0 Å². The molecule has 2 aromatic carbocycles. The van der Waals surface area contributed by atoms with Crippen molar-refractivity contribution in [3.8, 4) is 0 Å². The molecule has 0 aromatic heterocycles. The van der Waals surface area contributed by atoms with Gasteiger partial charge in [-0.2, -0.15) is 8.42 Å². The lowest BCUT2D eigenvalue weighted by molar-refractivity contribution is -0.388. The average Bonchev–Trinajstić information content (AvgIpc) is 2.66. The van der Waals surface area contributed by atoms with Gasteiger partial charge in [-0.25, -0.2) is 4.79 Å². The first-order chi connectivity index (χ1) is 13.2. The molecule has 0 saturated carbocycles. The van der Waals surface area contributed by atoms with Gasteiger partial charge in [-0.05, 0) is 18.2 Å². The molecule has 2 aromatic rings. The minimum absolute atomic E-state index is 0.139. The Kier molecular flexibility index (Phi) is 6.75. The van der Waals surface area contributed by atoms with E-state index in [1.807, 2.05) is 0 Å². The van der Waals surface area contributed by atoms with Gasteiger partial charge in [0.15, 0.2) is 0 Å². The van der Waals surface area contributed by atoms with Crippen molar-refractivity contribution in [3.63, 3.8) is 0 Å². The van der Waals surface area contributed by atoms with Crippen molar-refractivity contribution in [2.45, 2.75) is 14.7 Å². The Hall–Kier alpha value is -2.92. The van der Waals surface area contributed by atoms with Gasteiger partial charge in [-0.3, -0.25) is 10.1 Å². The number of rotatable bonds is 7. The number of hydrogen-bond acceptors (Lipinski definition) is 7. The van der Waals surface area contributed by atoms with E-state index in [1.54, 1.807) is 44.4 Å². The molecular formula is C17H17N3O6S2. The Morgan fingerprint density at radius 2 is 1.89 bits per heavy atom. The highest BCUT2D eigenvalue weighted by atomic mass is 32.2. The van der Waals surface area contributed by atoms with Crippen LogP contribution in [0.1, 0.15) is 10.4 Å². The van der Waals surface area contributed by atoms with Crippen LogP contribution >= 0.6 is 11.8 Å². The fourth-order valence-corrected chi connectivity index (χ4v) is 4.48. The quantitative estimate of drug-likeness (QED) is 0.219. The highest BCUT2D eigenvalue weighted by molar-refractivity contribution is 8.00. The number of esters is 1. The lowest BCUT2D eigenvalue weighted by atomic mass is 10.2. The van der Waals surface area contributed by atoms with Crippen LogP contribution in [-0.4, -0.2) is 51.8 Å². The number of nitrogens with zero attached hydrogens (tertiary/aromatic N) is 3. The minimum atomic E-state index is -4.33. The second kappa shape index (κ2) is 8.85. The fraction of sp³-hybridized carbons (Fsp3) is 0.176. The molecule has 0 heterocycles. The van der Waals surface area contributed by atoms with Crippen molar-refractivity contribution in [1.82, 2.24) is 4.90 Å². The van der Waals surface area contributed by atoms with Crippen molar-refractivity contribution >= 4 is 39.8 Å². The first-order valence-electron chi connectivity index (χ1n) is 7.76. The Balaban J connectivity index is 2.78. The molecule has 0 amide bonds. The van der Waals surface area contributed by atoms with Gasteiger partial charge in [-0.1, -0.05) is 30.0 Å².